The fraction of sp³-hybridized carbons (Fsp3) is 0.316. The number of aromatic nitrogens is 2. The van der Waals surface area contributed by atoms with Gasteiger partial charge in [-0.15, -0.1) is 21.5 Å². The summed E-state index contributed by atoms with van der Waals surface area (Å²) >= 11 is 4.27. The molecule has 1 aliphatic rings. The molecule has 0 saturated heterocycles. The van der Waals surface area contributed by atoms with Gasteiger partial charge in [-0.3, -0.25) is 10.1 Å². The SMILES string of the molecule is O=C(Nc1nnc(SCc2ccc(F)c(F)c2)s1)C1(c2cccs2)CCCC1. The molecule has 2 heterocycles. The van der Waals surface area contributed by atoms with E-state index in [9.17, 15) is 13.6 Å². The molecule has 0 unspecified atom stereocenters. The highest BCUT2D eigenvalue weighted by Gasteiger charge is 2.43. The summed E-state index contributed by atoms with van der Waals surface area (Å²) in [6, 6.07) is 7.84. The van der Waals surface area contributed by atoms with Gasteiger partial charge in [0.2, 0.25) is 11.0 Å². The number of nitrogens with zero attached hydrogens (tertiary/aromatic N) is 2. The van der Waals surface area contributed by atoms with Gasteiger partial charge in [0.25, 0.3) is 0 Å². The first kappa shape index (κ1) is 19.5. The molecule has 1 aliphatic carbocycles. The molecule has 1 N–H and O–H groups in total. The molecule has 4 nitrogen and oxygen atoms in total. The van der Waals surface area contributed by atoms with Crippen LogP contribution < -0.4 is 5.32 Å². The lowest BCUT2D eigenvalue weighted by atomic mass is 9.83. The van der Waals surface area contributed by atoms with Crippen LogP contribution in [0.5, 0.6) is 0 Å². The second-order valence-electron chi connectivity index (χ2n) is 6.63. The molecule has 9 heteroatoms. The molecule has 3 aromatic rings. The van der Waals surface area contributed by atoms with Crippen molar-refractivity contribution in [3.63, 3.8) is 0 Å². The van der Waals surface area contributed by atoms with Crippen molar-refractivity contribution < 1.29 is 13.6 Å². The van der Waals surface area contributed by atoms with E-state index in [2.05, 4.69) is 15.5 Å². The highest BCUT2D eigenvalue weighted by Crippen LogP contribution is 2.44. The highest BCUT2D eigenvalue weighted by atomic mass is 32.2. The second-order valence-corrected chi connectivity index (χ2v) is 9.78. The molecule has 28 heavy (non-hydrogen) atoms. The lowest BCUT2D eigenvalue weighted by Crippen LogP contribution is -2.37. The highest BCUT2D eigenvalue weighted by molar-refractivity contribution is 8.00. The zero-order valence-electron chi connectivity index (χ0n) is 14.8. The van der Waals surface area contributed by atoms with Gasteiger partial charge in [-0.25, -0.2) is 8.78 Å². The number of carbonyl (C=O) groups excluding carboxylic acids is 1. The van der Waals surface area contributed by atoms with Gasteiger partial charge >= 0.3 is 0 Å². The minimum Gasteiger partial charge on any atom is -0.300 e. The van der Waals surface area contributed by atoms with Gasteiger partial charge < -0.3 is 0 Å². The Hall–Kier alpha value is -1.84. The van der Waals surface area contributed by atoms with Gasteiger partial charge in [0.1, 0.15) is 0 Å². The van der Waals surface area contributed by atoms with Gasteiger partial charge in [-0.1, -0.05) is 48.1 Å². The number of halogens is 2. The predicted octanol–water partition coefficient (Wildman–Crippen LogP) is 5.62. The Kier molecular flexibility index (Phi) is 5.75. The third-order valence-corrected chi connectivity index (χ3v) is 7.97. The van der Waals surface area contributed by atoms with Crippen LogP contribution in [0.15, 0.2) is 40.1 Å². The first-order chi connectivity index (χ1) is 13.6. The molecule has 4 rings (SSSR count). The fourth-order valence-electron chi connectivity index (χ4n) is 3.42. The smallest absolute Gasteiger partial charge is 0.237 e. The normalized spacial score (nSPS) is 15.6. The largest absolute Gasteiger partial charge is 0.300 e. The van der Waals surface area contributed by atoms with E-state index in [4.69, 9.17) is 0 Å². The van der Waals surface area contributed by atoms with Crippen LogP contribution in [-0.4, -0.2) is 16.1 Å². The van der Waals surface area contributed by atoms with Gasteiger partial charge in [0.05, 0.1) is 5.41 Å². The van der Waals surface area contributed by atoms with Gasteiger partial charge in [-0.2, -0.15) is 0 Å². The minimum absolute atomic E-state index is 0.0271. The lowest BCUT2D eigenvalue weighted by molar-refractivity contribution is -0.121. The average Bonchev–Trinajstić information content (AvgIpc) is 3.44. The van der Waals surface area contributed by atoms with E-state index in [0.717, 1.165) is 36.6 Å². The van der Waals surface area contributed by atoms with E-state index in [1.54, 1.807) is 17.4 Å². The molecule has 2 aromatic heterocycles. The number of anilines is 1. The lowest BCUT2D eigenvalue weighted by Gasteiger charge is -2.25. The third-order valence-electron chi connectivity index (χ3n) is 4.86. The standard InChI is InChI=1S/C19H17F2N3OS3/c20-13-6-5-12(10-14(13)21)11-27-18-24-23-17(28-18)22-16(25)19(7-1-2-8-19)15-4-3-9-26-15/h3-6,9-10H,1-2,7-8,11H2,(H,22,23,25). The molecule has 0 radical (unpaired) electrons. The minimum atomic E-state index is -0.862. The summed E-state index contributed by atoms with van der Waals surface area (Å²) in [5.41, 5.74) is 0.186. The van der Waals surface area contributed by atoms with Crippen LogP contribution in [0.1, 0.15) is 36.1 Å². The molecule has 0 bridgehead atoms. The van der Waals surface area contributed by atoms with Crippen LogP contribution >= 0.6 is 34.4 Å². The van der Waals surface area contributed by atoms with E-state index < -0.39 is 17.0 Å². The molecule has 1 fully saturated rings. The zero-order chi connectivity index (χ0) is 19.6. The number of thiophene rings is 1. The van der Waals surface area contributed by atoms with Crippen molar-refractivity contribution in [3.05, 3.63) is 57.8 Å². The quantitative estimate of drug-likeness (QED) is 0.402. The van der Waals surface area contributed by atoms with E-state index in [-0.39, 0.29) is 5.91 Å². The van der Waals surface area contributed by atoms with Crippen LogP contribution in [-0.2, 0) is 16.0 Å². The Morgan fingerprint density at radius 3 is 2.71 bits per heavy atom. The van der Waals surface area contributed by atoms with Crippen molar-refractivity contribution in [3.8, 4) is 0 Å². The number of rotatable bonds is 6. The average molecular weight is 438 g/mol. The van der Waals surface area contributed by atoms with E-state index in [1.165, 1.54) is 29.2 Å². The van der Waals surface area contributed by atoms with Crippen LogP contribution in [0.2, 0.25) is 0 Å². The maximum absolute atomic E-state index is 13.3. The summed E-state index contributed by atoms with van der Waals surface area (Å²) < 4.78 is 27.0. The van der Waals surface area contributed by atoms with Crippen LogP contribution in [0.4, 0.5) is 13.9 Å². The number of benzene rings is 1. The molecule has 1 amide bonds. The fourth-order valence-corrected chi connectivity index (χ4v) is 6.10. The Balaban J connectivity index is 1.41. The summed E-state index contributed by atoms with van der Waals surface area (Å²) in [4.78, 5) is 14.1. The molecule has 1 aromatic carbocycles. The number of amides is 1. The van der Waals surface area contributed by atoms with E-state index >= 15 is 0 Å². The van der Waals surface area contributed by atoms with Gasteiger partial charge in [0.15, 0.2) is 16.0 Å². The molecule has 0 spiro atoms. The van der Waals surface area contributed by atoms with Crippen LogP contribution in [0.25, 0.3) is 0 Å². The van der Waals surface area contributed by atoms with Gasteiger partial charge in [0, 0.05) is 10.6 Å². The Morgan fingerprint density at radius 2 is 2.00 bits per heavy atom. The summed E-state index contributed by atoms with van der Waals surface area (Å²) in [5, 5.41) is 13.6. The second kappa shape index (κ2) is 8.26. The summed E-state index contributed by atoms with van der Waals surface area (Å²) in [7, 11) is 0. The Labute approximate surface area is 173 Å². The number of hydrogen-bond acceptors (Lipinski definition) is 6. The molecule has 1 saturated carbocycles. The Bertz CT molecular complexity index is 969. The maximum atomic E-state index is 13.3. The van der Waals surface area contributed by atoms with Crippen molar-refractivity contribution in [2.24, 2.45) is 0 Å². The molecular weight excluding hydrogens is 420 g/mol. The third kappa shape index (κ3) is 3.97. The van der Waals surface area contributed by atoms with Crippen LogP contribution in [0.3, 0.4) is 0 Å². The van der Waals surface area contributed by atoms with Crippen LogP contribution in [0, 0.1) is 11.6 Å². The zero-order valence-corrected chi connectivity index (χ0v) is 17.2. The number of nitrogens with one attached hydrogen (secondary N) is 1. The monoisotopic (exact) mass is 437 g/mol. The number of thioether (sulfide) groups is 1. The first-order valence-electron chi connectivity index (χ1n) is 8.82. The van der Waals surface area contributed by atoms with E-state index in [0.29, 0.717) is 20.8 Å². The number of hydrogen-bond donors (Lipinski definition) is 1. The molecule has 0 atom stereocenters. The number of carbonyl (C=O) groups is 1. The van der Waals surface area contributed by atoms with Crippen molar-refractivity contribution in [2.45, 2.75) is 41.2 Å². The van der Waals surface area contributed by atoms with Gasteiger partial charge in [-0.05, 0) is 42.0 Å². The summed E-state index contributed by atoms with van der Waals surface area (Å²) in [6.45, 7) is 0. The molecule has 0 aliphatic heterocycles. The van der Waals surface area contributed by atoms with Crippen molar-refractivity contribution in [1.82, 2.24) is 10.2 Å². The predicted molar refractivity (Wildman–Crippen MR) is 109 cm³/mol. The van der Waals surface area contributed by atoms with Crippen molar-refractivity contribution >= 4 is 45.5 Å². The van der Waals surface area contributed by atoms with Crippen molar-refractivity contribution in [2.75, 3.05) is 5.32 Å². The van der Waals surface area contributed by atoms with Crippen molar-refractivity contribution in [1.29, 1.82) is 0 Å². The summed E-state index contributed by atoms with van der Waals surface area (Å²) in [6.07, 6.45) is 3.76. The molecule has 146 valence electrons. The van der Waals surface area contributed by atoms with E-state index in [1.807, 2.05) is 17.5 Å². The maximum Gasteiger partial charge on any atom is 0.237 e. The summed E-state index contributed by atoms with van der Waals surface area (Å²) in [5.74, 6) is -1.31. The molecular formula is C19H17F2N3OS3. The topological polar surface area (TPSA) is 54.9 Å². The Morgan fingerprint density at radius 1 is 1.18 bits per heavy atom. The first-order valence-corrected chi connectivity index (χ1v) is 11.5.